The Morgan fingerprint density at radius 3 is 1.93 bits per heavy atom. The number of methoxy groups -OCH3 is 4. The Hall–Kier alpha value is -2.80. The van der Waals surface area contributed by atoms with E-state index in [1.165, 1.54) is 34.5 Å². The topological polar surface area (TPSA) is 127 Å². The lowest BCUT2D eigenvalue weighted by Crippen LogP contribution is -2.39. The van der Waals surface area contributed by atoms with E-state index in [2.05, 4.69) is 0 Å². The van der Waals surface area contributed by atoms with Crippen molar-refractivity contribution in [3.8, 4) is 28.7 Å². The molecule has 242 valence electrons. The second-order valence-electron chi connectivity index (χ2n) is 11.6. The molecule has 0 aromatic heterocycles. The monoisotopic (exact) mass is 640 g/mol. The number of aliphatic hydroxyl groups excluding tert-OH is 1. The summed E-state index contributed by atoms with van der Waals surface area (Å²) in [4.78, 5) is 13.1. The number of hydrogen-bond donors (Lipinski definition) is 1. The molecule has 0 aliphatic heterocycles. The molecule has 12 heteroatoms. The Morgan fingerprint density at radius 1 is 0.907 bits per heavy atom. The number of sulfone groups is 1. The maximum atomic E-state index is 14.0. The molecule has 0 saturated carbocycles. The van der Waals surface area contributed by atoms with E-state index in [0.29, 0.717) is 34.8 Å². The highest BCUT2D eigenvalue weighted by Crippen LogP contribution is 2.41. The van der Waals surface area contributed by atoms with Crippen LogP contribution < -0.4 is 23.7 Å². The molecule has 0 spiro atoms. The Kier molecular flexibility index (Phi) is 13.4. The molecule has 1 unspecified atom stereocenters. The molecule has 2 aromatic rings. The summed E-state index contributed by atoms with van der Waals surface area (Å²) in [5.74, 6) is 0.809. The second kappa shape index (κ2) is 15.8. The second-order valence-corrected chi connectivity index (χ2v) is 16.0. The van der Waals surface area contributed by atoms with E-state index in [4.69, 9.17) is 28.1 Å². The zero-order chi connectivity index (χ0) is 32.5. The van der Waals surface area contributed by atoms with Crippen molar-refractivity contribution < 1.29 is 46.4 Å². The minimum atomic E-state index is -3.96. The fourth-order valence-corrected chi connectivity index (χ4v) is 7.67. The van der Waals surface area contributed by atoms with Crippen LogP contribution in [-0.2, 0) is 14.3 Å². The van der Waals surface area contributed by atoms with E-state index in [1.54, 1.807) is 18.2 Å². The highest BCUT2D eigenvalue weighted by atomic mass is 32.2. The average molecular weight is 641 g/mol. The van der Waals surface area contributed by atoms with E-state index in [9.17, 15) is 18.3 Å². The summed E-state index contributed by atoms with van der Waals surface area (Å²) < 4.78 is 61.5. The lowest BCUT2D eigenvalue weighted by atomic mass is 9.90. The number of rotatable bonds is 17. The zero-order valence-corrected chi connectivity index (χ0v) is 29.1. The highest BCUT2D eigenvalue weighted by Gasteiger charge is 2.35. The van der Waals surface area contributed by atoms with Crippen LogP contribution in [0.5, 0.6) is 28.7 Å². The van der Waals surface area contributed by atoms with Gasteiger partial charge in [-0.1, -0.05) is 27.7 Å². The lowest BCUT2D eigenvalue weighted by molar-refractivity contribution is 0.0939. The predicted molar refractivity (Wildman–Crippen MR) is 169 cm³/mol. The molecule has 0 radical (unpaired) electrons. The van der Waals surface area contributed by atoms with Gasteiger partial charge in [0.15, 0.2) is 47.7 Å². The van der Waals surface area contributed by atoms with E-state index in [1.807, 2.05) is 40.8 Å². The van der Waals surface area contributed by atoms with Crippen molar-refractivity contribution in [1.29, 1.82) is 0 Å². The number of Topliss-reactive ketones (excluding diaryl/α,β-unsaturated/α-hetero) is 1. The molecule has 0 amide bonds. The molecule has 2 atom stereocenters. The fraction of sp³-hybridized carbons (Fsp3) is 0.581. The third-order valence-electron chi connectivity index (χ3n) is 6.84. The van der Waals surface area contributed by atoms with Crippen molar-refractivity contribution in [2.75, 3.05) is 40.8 Å². The summed E-state index contributed by atoms with van der Waals surface area (Å²) in [5, 5.41) is 11.2. The Balaban J connectivity index is 2.47. The number of ketones is 1. The van der Waals surface area contributed by atoms with Crippen molar-refractivity contribution in [1.82, 2.24) is 0 Å². The van der Waals surface area contributed by atoms with Gasteiger partial charge in [0.25, 0.3) is 0 Å². The third kappa shape index (κ3) is 9.59. The fourth-order valence-electron chi connectivity index (χ4n) is 4.45. The van der Waals surface area contributed by atoms with E-state index >= 15 is 0 Å². The van der Waals surface area contributed by atoms with Gasteiger partial charge in [-0.15, -0.1) is 0 Å². The molecule has 10 nitrogen and oxygen atoms in total. The summed E-state index contributed by atoms with van der Waals surface area (Å²) in [5.41, 5.74) is 0.194. The van der Waals surface area contributed by atoms with Crippen molar-refractivity contribution in [2.45, 2.75) is 77.2 Å². The average Bonchev–Trinajstić information content (AvgIpc) is 2.95. The molecule has 0 bridgehead atoms. The molecule has 43 heavy (non-hydrogen) atoms. The summed E-state index contributed by atoms with van der Waals surface area (Å²) in [6, 6.07) is 6.08. The molecule has 1 N–H and O–H groups in total. The first kappa shape index (κ1) is 36.4. The van der Waals surface area contributed by atoms with Crippen molar-refractivity contribution in [3.05, 3.63) is 35.4 Å². The molecule has 0 heterocycles. The van der Waals surface area contributed by atoms with E-state index < -0.39 is 36.5 Å². The van der Waals surface area contributed by atoms with Crippen LogP contribution in [0.15, 0.2) is 29.2 Å². The first-order valence-corrected chi connectivity index (χ1v) is 18.8. The molecule has 0 aliphatic rings. The van der Waals surface area contributed by atoms with Gasteiger partial charge in [0.1, 0.15) is 4.90 Å². The number of carbonyl (C=O) groups is 1. The first-order chi connectivity index (χ1) is 20.1. The molecule has 0 saturated heterocycles. The van der Waals surface area contributed by atoms with Crippen LogP contribution in [0.1, 0.15) is 69.0 Å². The summed E-state index contributed by atoms with van der Waals surface area (Å²) in [7, 11) is 0.293. The van der Waals surface area contributed by atoms with Gasteiger partial charge in [-0.25, -0.2) is 8.42 Å². The molecule has 2 aromatic carbocycles. The van der Waals surface area contributed by atoms with Gasteiger partial charge in [-0.05, 0) is 61.2 Å². The van der Waals surface area contributed by atoms with Gasteiger partial charge < -0.3 is 33.2 Å². The molecule has 0 fully saturated rings. The zero-order valence-electron chi connectivity index (χ0n) is 27.1. The van der Waals surface area contributed by atoms with Gasteiger partial charge >= 0.3 is 0 Å². The van der Waals surface area contributed by atoms with Crippen molar-refractivity contribution in [3.63, 3.8) is 0 Å². The summed E-state index contributed by atoms with van der Waals surface area (Å²) >= 11 is 0. The minimum Gasteiger partial charge on any atom is -0.493 e. The Bertz CT molecular complexity index is 1310. The van der Waals surface area contributed by atoms with Crippen LogP contribution in [0, 0.1) is 5.41 Å². The van der Waals surface area contributed by atoms with Gasteiger partial charge in [0.2, 0.25) is 5.75 Å². The minimum absolute atomic E-state index is 0.0278. The number of carbonyl (C=O) groups excluding carboxylic acids is 1. The van der Waals surface area contributed by atoms with Crippen LogP contribution in [0.3, 0.4) is 0 Å². The van der Waals surface area contributed by atoms with Crippen molar-refractivity contribution in [2.24, 2.45) is 5.41 Å². The quantitative estimate of drug-likeness (QED) is 0.178. The number of ether oxygens (including phenoxy) is 5. The SMILES string of the molecule is CCCOc1c(OC)cc([C@@H](O)CCC(=O)c2cc(OC)c(OC)c(OC)c2)cc1S(=O)(=O)CC(O[SiH](C)C)C(C)(C)C. The number of hydrogen-bond acceptors (Lipinski definition) is 10. The third-order valence-corrected chi connectivity index (χ3v) is 9.43. The number of aliphatic hydroxyl groups is 1. The van der Waals surface area contributed by atoms with Crippen LogP contribution >= 0.6 is 0 Å². The standard InChI is InChI=1S/C31H48O10SSi/c1-11-14-40-30-26(38-7)17-21(18-27(30)42(34,35)19-28(31(2,3)4)41-43(9)10)23(33)13-12-22(32)20-15-24(36-5)29(39-8)25(16-20)37-6/h15-18,23,28,33,43H,11-14,19H2,1-10H3/t23-,28?/m0/s1. The number of benzene rings is 2. The van der Waals surface area contributed by atoms with Crippen LogP contribution in [0.25, 0.3) is 0 Å². The van der Waals surface area contributed by atoms with Crippen molar-refractivity contribution >= 4 is 24.7 Å². The van der Waals surface area contributed by atoms with Crippen LogP contribution in [-0.4, -0.2) is 75.3 Å². The van der Waals surface area contributed by atoms with Crippen LogP contribution in [0.4, 0.5) is 0 Å². The normalized spacial score (nSPS) is 13.4. The maximum Gasteiger partial charge on any atom is 0.203 e. The maximum absolute atomic E-state index is 14.0. The smallest absolute Gasteiger partial charge is 0.203 e. The predicted octanol–water partition coefficient (Wildman–Crippen LogP) is 5.39. The van der Waals surface area contributed by atoms with Gasteiger partial charge in [0.05, 0.1) is 53.0 Å². The molecular weight excluding hydrogens is 592 g/mol. The summed E-state index contributed by atoms with van der Waals surface area (Å²) in [6.07, 6.45) is -1.05. The van der Waals surface area contributed by atoms with Gasteiger partial charge in [-0.2, -0.15) is 0 Å². The highest BCUT2D eigenvalue weighted by molar-refractivity contribution is 7.91. The van der Waals surface area contributed by atoms with Gasteiger partial charge in [-0.3, -0.25) is 4.79 Å². The van der Waals surface area contributed by atoms with E-state index in [0.717, 1.165) is 0 Å². The largest absolute Gasteiger partial charge is 0.493 e. The molecule has 2 rings (SSSR count). The molecular formula is C31H48O10SSi. The molecule has 0 aliphatic carbocycles. The van der Waals surface area contributed by atoms with E-state index in [-0.39, 0.29) is 47.4 Å². The Morgan fingerprint density at radius 2 is 1.47 bits per heavy atom. The van der Waals surface area contributed by atoms with Gasteiger partial charge in [0, 0.05) is 12.0 Å². The summed E-state index contributed by atoms with van der Waals surface area (Å²) in [6.45, 7) is 12.0. The van der Waals surface area contributed by atoms with Crippen LogP contribution in [0.2, 0.25) is 13.1 Å². The Labute approximate surface area is 258 Å². The first-order valence-electron chi connectivity index (χ1n) is 14.4. The lowest BCUT2D eigenvalue weighted by Gasteiger charge is -2.32.